The van der Waals surface area contributed by atoms with Crippen LogP contribution in [0.3, 0.4) is 0 Å². The summed E-state index contributed by atoms with van der Waals surface area (Å²) in [5, 5.41) is 0. The third-order valence-corrected chi connectivity index (χ3v) is 4.60. The Morgan fingerprint density at radius 2 is 2.14 bits per heavy atom. The molecule has 1 rings (SSSR count). The molecule has 0 aliphatic rings. The van der Waals surface area contributed by atoms with Crippen LogP contribution in [0.2, 0.25) is 0 Å². The average Bonchev–Trinajstić information content (AvgIpc) is 2.43. The molecule has 0 fully saturated rings. The van der Waals surface area contributed by atoms with E-state index in [1.165, 1.54) is 32.4 Å². The van der Waals surface area contributed by atoms with Gasteiger partial charge in [0.15, 0.2) is 0 Å². The number of carbonyl (C=O) groups excluding carboxylic acids is 1. The maximum absolute atomic E-state index is 13.1. The maximum Gasteiger partial charge on any atom is 0.306 e. The number of nitrogens with zero attached hydrogens (tertiary/aromatic N) is 1. The van der Waals surface area contributed by atoms with Gasteiger partial charge in [-0.25, -0.2) is 4.39 Å². The van der Waals surface area contributed by atoms with Crippen molar-refractivity contribution in [3.8, 4) is 0 Å². The van der Waals surface area contributed by atoms with E-state index in [4.69, 9.17) is 0 Å². The Morgan fingerprint density at radius 3 is 2.71 bits per heavy atom. The summed E-state index contributed by atoms with van der Waals surface area (Å²) >= 11 is 0. The number of carbonyl (C=O) groups is 1. The van der Waals surface area contributed by atoms with Gasteiger partial charge in [-0.15, -0.1) is 0 Å². The number of nitrogens with one attached hydrogen (secondary N) is 1. The van der Waals surface area contributed by atoms with Gasteiger partial charge in [0.25, 0.3) is 10.2 Å². The van der Waals surface area contributed by atoms with Crippen LogP contribution in [0.25, 0.3) is 0 Å². The van der Waals surface area contributed by atoms with Gasteiger partial charge in [-0.3, -0.25) is 4.79 Å². The lowest BCUT2D eigenvalue weighted by molar-refractivity contribution is -0.140. The van der Waals surface area contributed by atoms with Gasteiger partial charge in [0.05, 0.1) is 13.5 Å². The summed E-state index contributed by atoms with van der Waals surface area (Å²) in [6, 6.07) is 5.10. The number of halogens is 1. The Hall–Kier alpha value is -1.51. The van der Waals surface area contributed by atoms with Crippen LogP contribution in [0, 0.1) is 5.82 Å². The minimum Gasteiger partial charge on any atom is -0.469 e. The Labute approximate surface area is 124 Å². The van der Waals surface area contributed by atoms with Gasteiger partial charge in [-0.05, 0) is 24.6 Å². The maximum atomic E-state index is 13.1. The first kappa shape index (κ1) is 17.5. The van der Waals surface area contributed by atoms with E-state index in [1.807, 2.05) is 0 Å². The number of ether oxygens (including phenoxy) is 1. The van der Waals surface area contributed by atoms with Crippen molar-refractivity contribution in [1.29, 1.82) is 0 Å². The predicted molar refractivity (Wildman–Crippen MR) is 76.1 cm³/mol. The topological polar surface area (TPSA) is 75.7 Å². The molecule has 0 bridgehead atoms. The van der Waals surface area contributed by atoms with Gasteiger partial charge in [0, 0.05) is 19.6 Å². The highest BCUT2D eigenvalue weighted by atomic mass is 32.2. The SMILES string of the molecule is COC(=O)CCN(C)S(=O)(=O)NC(C)c1cccc(F)c1. The molecule has 1 aromatic rings. The molecule has 0 saturated carbocycles. The minimum absolute atomic E-state index is 0.00211. The van der Waals surface area contributed by atoms with Crippen molar-refractivity contribution in [2.45, 2.75) is 19.4 Å². The van der Waals surface area contributed by atoms with E-state index in [9.17, 15) is 17.6 Å². The molecule has 8 heteroatoms. The zero-order valence-electron chi connectivity index (χ0n) is 12.2. The van der Waals surface area contributed by atoms with Crippen LogP contribution in [-0.2, 0) is 19.7 Å². The summed E-state index contributed by atoms with van der Waals surface area (Å²) in [4.78, 5) is 11.0. The summed E-state index contributed by atoms with van der Waals surface area (Å²) < 4.78 is 45.2. The molecular formula is C13H19FN2O4S. The first-order chi connectivity index (χ1) is 9.76. The van der Waals surface area contributed by atoms with Crippen molar-refractivity contribution in [2.75, 3.05) is 20.7 Å². The smallest absolute Gasteiger partial charge is 0.306 e. The molecule has 0 spiro atoms. The molecule has 0 saturated heterocycles. The molecular weight excluding hydrogens is 299 g/mol. The third-order valence-electron chi connectivity index (χ3n) is 2.94. The fraction of sp³-hybridized carbons (Fsp3) is 0.462. The van der Waals surface area contributed by atoms with Crippen LogP contribution in [0.15, 0.2) is 24.3 Å². The highest BCUT2D eigenvalue weighted by Crippen LogP contribution is 2.15. The van der Waals surface area contributed by atoms with Gasteiger partial charge in [-0.2, -0.15) is 17.4 Å². The number of rotatable bonds is 7. The monoisotopic (exact) mass is 318 g/mol. The van der Waals surface area contributed by atoms with Crippen molar-refractivity contribution in [3.05, 3.63) is 35.6 Å². The Bertz CT molecular complexity index is 592. The fourth-order valence-corrected chi connectivity index (χ4v) is 2.72. The molecule has 0 amide bonds. The van der Waals surface area contributed by atoms with Crippen molar-refractivity contribution in [1.82, 2.24) is 9.03 Å². The largest absolute Gasteiger partial charge is 0.469 e. The van der Waals surface area contributed by atoms with E-state index in [2.05, 4.69) is 9.46 Å². The molecule has 1 N–H and O–H groups in total. The second kappa shape index (κ2) is 7.48. The molecule has 118 valence electrons. The lowest BCUT2D eigenvalue weighted by Crippen LogP contribution is -2.40. The Morgan fingerprint density at radius 1 is 1.48 bits per heavy atom. The number of esters is 1. The molecule has 0 heterocycles. The van der Waals surface area contributed by atoms with Crippen LogP contribution in [0.4, 0.5) is 4.39 Å². The van der Waals surface area contributed by atoms with Crippen molar-refractivity contribution in [3.63, 3.8) is 0 Å². The van der Waals surface area contributed by atoms with Crippen LogP contribution in [0.5, 0.6) is 0 Å². The van der Waals surface area contributed by atoms with Gasteiger partial charge < -0.3 is 4.74 Å². The first-order valence-electron chi connectivity index (χ1n) is 6.32. The normalized spacial score (nSPS) is 13.2. The van der Waals surface area contributed by atoms with E-state index in [0.717, 1.165) is 4.31 Å². The standard InChI is InChI=1S/C13H19FN2O4S/c1-10(11-5-4-6-12(14)9-11)15-21(18,19)16(2)8-7-13(17)20-3/h4-6,9-10,15H,7-8H2,1-3H3. The lowest BCUT2D eigenvalue weighted by Gasteiger charge is -2.21. The number of hydrogen-bond acceptors (Lipinski definition) is 4. The second-order valence-corrected chi connectivity index (χ2v) is 6.36. The predicted octanol–water partition coefficient (Wildman–Crippen LogP) is 1.22. The number of benzene rings is 1. The third kappa shape index (κ3) is 5.41. The van der Waals surface area contributed by atoms with Crippen LogP contribution < -0.4 is 4.72 Å². The van der Waals surface area contributed by atoms with Crippen LogP contribution >= 0.6 is 0 Å². The molecule has 1 aromatic carbocycles. The average molecular weight is 318 g/mol. The van der Waals surface area contributed by atoms with E-state index < -0.39 is 28.0 Å². The number of hydrogen-bond donors (Lipinski definition) is 1. The van der Waals surface area contributed by atoms with Crippen molar-refractivity contribution < 1.29 is 22.3 Å². The molecule has 6 nitrogen and oxygen atoms in total. The highest BCUT2D eigenvalue weighted by molar-refractivity contribution is 7.87. The Kier molecular flexibility index (Phi) is 6.25. The van der Waals surface area contributed by atoms with Gasteiger partial charge in [0.2, 0.25) is 0 Å². The zero-order valence-corrected chi connectivity index (χ0v) is 13.0. The summed E-state index contributed by atoms with van der Waals surface area (Å²) in [5.74, 6) is -0.923. The zero-order chi connectivity index (χ0) is 16.0. The van der Waals surface area contributed by atoms with E-state index in [0.29, 0.717) is 5.56 Å². The molecule has 0 aromatic heterocycles. The van der Waals surface area contributed by atoms with Gasteiger partial charge in [-0.1, -0.05) is 12.1 Å². The molecule has 0 aliphatic carbocycles. The van der Waals surface area contributed by atoms with Crippen LogP contribution in [-0.4, -0.2) is 39.4 Å². The molecule has 21 heavy (non-hydrogen) atoms. The molecule has 0 radical (unpaired) electrons. The minimum atomic E-state index is -3.77. The van der Waals surface area contributed by atoms with E-state index in [1.54, 1.807) is 13.0 Å². The molecule has 0 aliphatic heterocycles. The second-order valence-electron chi connectivity index (χ2n) is 4.55. The van der Waals surface area contributed by atoms with Crippen molar-refractivity contribution in [2.24, 2.45) is 0 Å². The first-order valence-corrected chi connectivity index (χ1v) is 7.76. The highest BCUT2D eigenvalue weighted by Gasteiger charge is 2.21. The van der Waals surface area contributed by atoms with Crippen LogP contribution in [0.1, 0.15) is 24.9 Å². The summed E-state index contributed by atoms with van der Waals surface area (Å²) in [5.41, 5.74) is 0.514. The quantitative estimate of drug-likeness (QED) is 0.767. The molecule has 1 unspecified atom stereocenters. The van der Waals surface area contributed by atoms with Crippen molar-refractivity contribution >= 4 is 16.2 Å². The van der Waals surface area contributed by atoms with E-state index >= 15 is 0 Å². The number of methoxy groups -OCH3 is 1. The summed E-state index contributed by atoms with van der Waals surface area (Å²) in [6.45, 7) is 1.61. The summed E-state index contributed by atoms with van der Waals surface area (Å²) in [6.07, 6.45) is -0.0394. The molecule has 1 atom stereocenters. The fourth-order valence-electron chi connectivity index (χ4n) is 1.63. The van der Waals surface area contributed by atoms with E-state index in [-0.39, 0.29) is 13.0 Å². The Balaban J connectivity index is 2.68. The lowest BCUT2D eigenvalue weighted by atomic mass is 10.1. The van der Waals surface area contributed by atoms with Gasteiger partial charge >= 0.3 is 5.97 Å². The van der Waals surface area contributed by atoms with Gasteiger partial charge in [0.1, 0.15) is 5.82 Å². The summed E-state index contributed by atoms with van der Waals surface area (Å²) in [7, 11) is -1.18.